The number of aryl methyl sites for hydroxylation is 1. The molecule has 2 fully saturated rings. The highest BCUT2D eigenvalue weighted by atomic mass is 32.1. The molecule has 0 spiro atoms. The normalized spacial score (nSPS) is 24.2. The lowest BCUT2D eigenvalue weighted by Crippen LogP contribution is -2.44. The molecule has 0 N–H and O–H groups in total. The second kappa shape index (κ2) is 9.33. The van der Waals surface area contributed by atoms with Crippen molar-refractivity contribution in [1.29, 1.82) is 0 Å². The summed E-state index contributed by atoms with van der Waals surface area (Å²) in [5, 5.41) is 0.471. The average molecular weight is 459 g/mol. The van der Waals surface area contributed by atoms with E-state index in [9.17, 15) is 14.4 Å². The second-order valence-corrected chi connectivity index (χ2v) is 10.7. The molecule has 2 aromatic rings. The topological polar surface area (TPSA) is 75.5 Å². The van der Waals surface area contributed by atoms with Crippen LogP contribution in [0.1, 0.15) is 68.1 Å². The number of hydrogen-bond acceptors (Lipinski definition) is 5. The number of hydrogen-bond donors (Lipinski definition) is 0. The average Bonchev–Trinajstić information content (AvgIpc) is 3.11. The van der Waals surface area contributed by atoms with E-state index in [0.29, 0.717) is 32.5 Å². The fourth-order valence-corrected chi connectivity index (χ4v) is 6.51. The van der Waals surface area contributed by atoms with Gasteiger partial charge in [0.25, 0.3) is 11.5 Å². The summed E-state index contributed by atoms with van der Waals surface area (Å²) in [5.74, 6) is 0.897. The van der Waals surface area contributed by atoms with Crippen molar-refractivity contribution in [3.05, 3.63) is 27.1 Å². The number of piperidine rings is 2. The molecule has 7 nitrogen and oxygen atoms in total. The molecule has 4 heterocycles. The van der Waals surface area contributed by atoms with Gasteiger partial charge in [0, 0.05) is 25.7 Å². The van der Waals surface area contributed by atoms with Crippen molar-refractivity contribution in [2.24, 2.45) is 11.8 Å². The number of aromatic nitrogens is 2. The van der Waals surface area contributed by atoms with Crippen molar-refractivity contribution in [3.8, 4) is 0 Å². The third-order valence-corrected chi connectivity index (χ3v) is 8.19. The Kier molecular flexibility index (Phi) is 6.70. The maximum atomic E-state index is 13.3. The monoisotopic (exact) mass is 458 g/mol. The smallest absolute Gasteiger partial charge is 0.264 e. The summed E-state index contributed by atoms with van der Waals surface area (Å²) in [6, 6.07) is 0.262. The molecular formula is C24H34N4O3S. The van der Waals surface area contributed by atoms with Crippen LogP contribution in [0.3, 0.4) is 0 Å². The first kappa shape index (κ1) is 23.0. The van der Waals surface area contributed by atoms with Crippen molar-refractivity contribution in [3.63, 3.8) is 0 Å². The van der Waals surface area contributed by atoms with Crippen LogP contribution in [-0.2, 0) is 11.3 Å². The van der Waals surface area contributed by atoms with Gasteiger partial charge in [-0.3, -0.25) is 19.0 Å². The van der Waals surface area contributed by atoms with E-state index in [1.165, 1.54) is 22.2 Å². The number of thiophene rings is 1. The lowest BCUT2D eigenvalue weighted by molar-refractivity contribution is -0.134. The summed E-state index contributed by atoms with van der Waals surface area (Å²) in [7, 11) is 0. The van der Waals surface area contributed by atoms with Gasteiger partial charge in [-0.1, -0.05) is 20.8 Å². The largest absolute Gasteiger partial charge is 0.341 e. The molecule has 2 aromatic heterocycles. The lowest BCUT2D eigenvalue weighted by Gasteiger charge is -2.35. The van der Waals surface area contributed by atoms with Crippen LogP contribution in [0.15, 0.2) is 11.1 Å². The molecule has 2 aliphatic heterocycles. The van der Waals surface area contributed by atoms with Gasteiger partial charge < -0.3 is 9.80 Å². The molecule has 2 saturated heterocycles. The summed E-state index contributed by atoms with van der Waals surface area (Å²) >= 11 is 1.30. The zero-order valence-electron chi connectivity index (χ0n) is 19.6. The number of amides is 2. The number of likely N-dealkylation sites (tertiary alicyclic amines) is 2. The maximum absolute atomic E-state index is 13.3. The quantitative estimate of drug-likeness (QED) is 0.701. The zero-order valence-corrected chi connectivity index (χ0v) is 20.4. The van der Waals surface area contributed by atoms with Crippen molar-refractivity contribution in [2.45, 2.75) is 72.4 Å². The van der Waals surface area contributed by atoms with Crippen LogP contribution >= 0.6 is 11.3 Å². The van der Waals surface area contributed by atoms with Gasteiger partial charge in [0.15, 0.2) is 0 Å². The number of nitrogens with zero attached hydrogens (tertiary/aromatic N) is 4. The number of carbonyl (C=O) groups excluding carboxylic acids is 2. The molecule has 3 unspecified atom stereocenters. The van der Waals surface area contributed by atoms with Gasteiger partial charge in [0.1, 0.15) is 11.4 Å². The fourth-order valence-electron chi connectivity index (χ4n) is 5.41. The van der Waals surface area contributed by atoms with Gasteiger partial charge in [-0.05, 0) is 56.4 Å². The first-order chi connectivity index (χ1) is 15.3. The minimum atomic E-state index is -0.236. The van der Waals surface area contributed by atoms with Crippen LogP contribution in [0, 0.1) is 18.8 Å². The van der Waals surface area contributed by atoms with Crippen LogP contribution < -0.4 is 5.56 Å². The second-order valence-electron chi connectivity index (χ2n) is 9.72. The molecule has 2 amide bonds. The highest BCUT2D eigenvalue weighted by Crippen LogP contribution is 2.31. The SMILES string of the molecule is CCC1CCCCN1C(=O)c1sc2ncn(CC(=O)N3CC(C)CC(C)C3)c(=O)c2c1C. The van der Waals surface area contributed by atoms with Crippen molar-refractivity contribution >= 4 is 33.4 Å². The Balaban J connectivity index is 1.60. The molecule has 8 heteroatoms. The van der Waals surface area contributed by atoms with E-state index in [-0.39, 0.29) is 30.0 Å². The van der Waals surface area contributed by atoms with E-state index in [2.05, 4.69) is 25.8 Å². The number of carbonyl (C=O) groups is 2. The highest BCUT2D eigenvalue weighted by molar-refractivity contribution is 7.20. The summed E-state index contributed by atoms with van der Waals surface area (Å²) in [4.78, 5) is 49.0. The molecule has 0 saturated carbocycles. The molecule has 32 heavy (non-hydrogen) atoms. The molecule has 2 aliphatic rings. The Morgan fingerprint density at radius 1 is 1.19 bits per heavy atom. The molecule has 174 valence electrons. The molecule has 4 rings (SSSR count). The van der Waals surface area contributed by atoms with Crippen LogP contribution in [0.25, 0.3) is 10.2 Å². The summed E-state index contributed by atoms with van der Waals surface area (Å²) in [6.45, 7) is 10.5. The first-order valence-electron chi connectivity index (χ1n) is 11.9. The van der Waals surface area contributed by atoms with Gasteiger partial charge in [-0.15, -0.1) is 11.3 Å². The van der Waals surface area contributed by atoms with Crippen molar-refractivity contribution in [1.82, 2.24) is 19.4 Å². The zero-order chi connectivity index (χ0) is 23.0. The third kappa shape index (κ3) is 4.34. The van der Waals surface area contributed by atoms with Gasteiger partial charge >= 0.3 is 0 Å². The van der Waals surface area contributed by atoms with E-state index in [0.717, 1.165) is 51.7 Å². The molecule has 0 radical (unpaired) electrons. The molecular weight excluding hydrogens is 424 g/mol. The summed E-state index contributed by atoms with van der Waals surface area (Å²) < 4.78 is 1.40. The molecule has 0 aromatic carbocycles. The Labute approximate surface area is 193 Å². The van der Waals surface area contributed by atoms with E-state index in [1.54, 1.807) is 0 Å². The lowest BCUT2D eigenvalue weighted by atomic mass is 9.92. The summed E-state index contributed by atoms with van der Waals surface area (Å²) in [6.07, 6.45) is 6.73. The fraction of sp³-hybridized carbons (Fsp3) is 0.667. The van der Waals surface area contributed by atoms with Crippen molar-refractivity contribution in [2.75, 3.05) is 19.6 Å². The molecule has 0 aliphatic carbocycles. The predicted molar refractivity (Wildman–Crippen MR) is 127 cm³/mol. The minimum Gasteiger partial charge on any atom is -0.341 e. The molecule has 0 bridgehead atoms. The van der Waals surface area contributed by atoms with Crippen LogP contribution in [-0.4, -0.2) is 56.8 Å². The highest BCUT2D eigenvalue weighted by Gasteiger charge is 2.30. The van der Waals surface area contributed by atoms with Gasteiger partial charge in [0.05, 0.1) is 16.6 Å². The van der Waals surface area contributed by atoms with Gasteiger partial charge in [-0.25, -0.2) is 4.98 Å². The van der Waals surface area contributed by atoms with Gasteiger partial charge in [0.2, 0.25) is 5.91 Å². The maximum Gasteiger partial charge on any atom is 0.264 e. The Morgan fingerprint density at radius 3 is 2.59 bits per heavy atom. The van der Waals surface area contributed by atoms with Crippen LogP contribution in [0.5, 0.6) is 0 Å². The van der Waals surface area contributed by atoms with E-state index in [1.807, 2.05) is 16.7 Å². The van der Waals surface area contributed by atoms with E-state index in [4.69, 9.17) is 0 Å². The van der Waals surface area contributed by atoms with E-state index < -0.39 is 0 Å². The van der Waals surface area contributed by atoms with E-state index >= 15 is 0 Å². The summed E-state index contributed by atoms with van der Waals surface area (Å²) in [5.41, 5.74) is 0.454. The van der Waals surface area contributed by atoms with Gasteiger partial charge in [-0.2, -0.15) is 0 Å². The first-order valence-corrected chi connectivity index (χ1v) is 12.7. The predicted octanol–water partition coefficient (Wildman–Crippen LogP) is 3.68. The van der Waals surface area contributed by atoms with Crippen LogP contribution in [0.4, 0.5) is 0 Å². The molecule has 3 atom stereocenters. The Bertz CT molecular complexity index is 1070. The third-order valence-electron chi connectivity index (χ3n) is 7.00. The standard InChI is InChI=1S/C24H34N4O3S/c1-5-18-8-6-7-9-28(18)24(31)21-17(4)20-22(32-21)25-14-27(23(20)30)13-19(29)26-11-15(2)10-16(3)12-26/h14-16,18H,5-13H2,1-4H3. The number of fused-ring (bicyclic) bond motifs is 1. The Hall–Kier alpha value is -2.22. The minimum absolute atomic E-state index is 0.00960. The number of rotatable bonds is 4. The van der Waals surface area contributed by atoms with Crippen molar-refractivity contribution < 1.29 is 9.59 Å². The van der Waals surface area contributed by atoms with Crippen LogP contribution in [0.2, 0.25) is 0 Å². The Morgan fingerprint density at radius 2 is 1.91 bits per heavy atom.